The molecule has 0 aliphatic carbocycles. The standard InChI is InChI=1S/C23H34N4O3S/c1-5-31(29,30)26-13-11-23(12-14-26,21-9-7-6-8-10-21)22(28)24-16-18(2)17-27-20(4)15-19(3)25-27/h6-10,15,18H,5,11-14,16-17H2,1-4H3,(H,24,28). The minimum Gasteiger partial charge on any atom is -0.355 e. The number of piperidine rings is 1. The van der Waals surface area contributed by atoms with Gasteiger partial charge in [-0.3, -0.25) is 9.48 Å². The van der Waals surface area contributed by atoms with E-state index in [4.69, 9.17) is 0 Å². The van der Waals surface area contributed by atoms with Crippen LogP contribution in [0, 0.1) is 19.8 Å². The van der Waals surface area contributed by atoms with Gasteiger partial charge in [-0.2, -0.15) is 5.10 Å². The Kier molecular flexibility index (Phi) is 7.21. The Morgan fingerprint density at radius 1 is 1.19 bits per heavy atom. The SMILES string of the molecule is CCS(=O)(=O)N1CCC(C(=O)NCC(C)Cn2nc(C)cc2C)(c2ccccc2)CC1. The number of carbonyl (C=O) groups is 1. The first-order valence-corrected chi connectivity index (χ1v) is 12.6. The van der Waals surface area contributed by atoms with Gasteiger partial charge in [0.15, 0.2) is 0 Å². The highest BCUT2D eigenvalue weighted by Crippen LogP contribution is 2.36. The predicted molar refractivity (Wildman–Crippen MR) is 122 cm³/mol. The number of aromatic nitrogens is 2. The normalized spacial score (nSPS) is 17.9. The first kappa shape index (κ1) is 23.5. The molecular weight excluding hydrogens is 412 g/mol. The van der Waals surface area contributed by atoms with Gasteiger partial charge in [0, 0.05) is 31.9 Å². The summed E-state index contributed by atoms with van der Waals surface area (Å²) in [6.45, 7) is 9.77. The number of nitrogens with zero attached hydrogens (tertiary/aromatic N) is 3. The molecule has 2 heterocycles. The second-order valence-corrected chi connectivity index (χ2v) is 10.9. The van der Waals surface area contributed by atoms with Crippen molar-refractivity contribution in [1.29, 1.82) is 0 Å². The summed E-state index contributed by atoms with van der Waals surface area (Å²) in [5.74, 6) is 0.282. The molecule has 1 atom stereocenters. The molecule has 1 saturated heterocycles. The van der Waals surface area contributed by atoms with Crippen molar-refractivity contribution in [3.63, 3.8) is 0 Å². The maximum absolute atomic E-state index is 13.5. The van der Waals surface area contributed by atoms with Crippen LogP contribution in [0.25, 0.3) is 0 Å². The minimum absolute atomic E-state index is 0.0209. The Balaban J connectivity index is 1.71. The van der Waals surface area contributed by atoms with Crippen LogP contribution in [-0.4, -0.2) is 53.8 Å². The van der Waals surface area contributed by atoms with Crippen molar-refractivity contribution in [3.05, 3.63) is 53.3 Å². The molecule has 3 rings (SSSR count). The number of benzene rings is 1. The second-order valence-electron chi connectivity index (χ2n) is 8.67. The fraction of sp³-hybridized carbons (Fsp3) is 0.565. The van der Waals surface area contributed by atoms with Crippen LogP contribution in [-0.2, 0) is 26.8 Å². The average Bonchev–Trinajstić information content (AvgIpc) is 3.09. The summed E-state index contributed by atoms with van der Waals surface area (Å²) in [5, 5.41) is 7.67. The van der Waals surface area contributed by atoms with Crippen molar-refractivity contribution >= 4 is 15.9 Å². The van der Waals surface area contributed by atoms with Gasteiger partial charge in [-0.1, -0.05) is 37.3 Å². The minimum atomic E-state index is -3.25. The van der Waals surface area contributed by atoms with Crippen LogP contribution in [0.15, 0.2) is 36.4 Å². The fourth-order valence-electron chi connectivity index (χ4n) is 4.39. The van der Waals surface area contributed by atoms with E-state index < -0.39 is 15.4 Å². The molecule has 1 amide bonds. The lowest BCUT2D eigenvalue weighted by atomic mass is 9.72. The van der Waals surface area contributed by atoms with Crippen LogP contribution in [0.5, 0.6) is 0 Å². The van der Waals surface area contributed by atoms with Gasteiger partial charge in [0.25, 0.3) is 0 Å². The van der Waals surface area contributed by atoms with Gasteiger partial charge in [0.2, 0.25) is 15.9 Å². The molecule has 0 saturated carbocycles. The van der Waals surface area contributed by atoms with E-state index in [1.165, 1.54) is 4.31 Å². The Morgan fingerprint density at radius 3 is 2.39 bits per heavy atom. The van der Waals surface area contributed by atoms with Crippen LogP contribution in [0.4, 0.5) is 0 Å². The Morgan fingerprint density at radius 2 is 1.84 bits per heavy atom. The monoisotopic (exact) mass is 446 g/mol. The van der Waals surface area contributed by atoms with Crippen LogP contribution in [0.2, 0.25) is 0 Å². The summed E-state index contributed by atoms with van der Waals surface area (Å²) in [7, 11) is -3.25. The zero-order chi connectivity index (χ0) is 22.6. The fourth-order valence-corrected chi connectivity index (χ4v) is 5.49. The molecule has 1 aromatic heterocycles. The molecule has 1 aromatic carbocycles. The van der Waals surface area contributed by atoms with E-state index in [2.05, 4.69) is 17.3 Å². The number of hydrogen-bond acceptors (Lipinski definition) is 4. The molecule has 170 valence electrons. The Labute approximate surface area is 185 Å². The highest BCUT2D eigenvalue weighted by atomic mass is 32.2. The summed E-state index contributed by atoms with van der Waals surface area (Å²) in [4.78, 5) is 13.5. The first-order chi connectivity index (χ1) is 14.7. The van der Waals surface area contributed by atoms with E-state index in [9.17, 15) is 13.2 Å². The third kappa shape index (κ3) is 5.18. The molecule has 0 bridgehead atoms. The zero-order valence-electron chi connectivity index (χ0n) is 19.0. The molecule has 0 spiro atoms. The van der Waals surface area contributed by atoms with Crippen molar-refractivity contribution < 1.29 is 13.2 Å². The Hall–Kier alpha value is -2.19. The van der Waals surface area contributed by atoms with Gasteiger partial charge in [0.05, 0.1) is 16.9 Å². The number of sulfonamides is 1. The second kappa shape index (κ2) is 9.53. The number of hydrogen-bond donors (Lipinski definition) is 1. The van der Waals surface area contributed by atoms with Gasteiger partial charge >= 0.3 is 0 Å². The van der Waals surface area contributed by atoms with Crippen LogP contribution in [0.1, 0.15) is 43.6 Å². The number of nitrogens with one attached hydrogen (secondary N) is 1. The third-order valence-corrected chi connectivity index (χ3v) is 8.18. The average molecular weight is 447 g/mol. The van der Waals surface area contributed by atoms with E-state index >= 15 is 0 Å². The van der Waals surface area contributed by atoms with E-state index in [1.54, 1.807) is 6.92 Å². The first-order valence-electron chi connectivity index (χ1n) is 11.0. The molecular formula is C23H34N4O3S. The Bertz CT molecular complexity index is 993. The van der Waals surface area contributed by atoms with E-state index in [-0.39, 0.29) is 17.6 Å². The topological polar surface area (TPSA) is 84.3 Å². The predicted octanol–water partition coefficient (Wildman–Crippen LogP) is 2.64. The molecule has 0 radical (unpaired) electrons. The van der Waals surface area contributed by atoms with E-state index in [0.29, 0.717) is 32.5 Å². The number of rotatable bonds is 8. The molecule has 1 unspecified atom stereocenters. The quantitative estimate of drug-likeness (QED) is 0.676. The molecule has 2 aromatic rings. The van der Waals surface area contributed by atoms with Gasteiger partial charge in [-0.05, 0) is 51.2 Å². The molecule has 7 nitrogen and oxygen atoms in total. The lowest BCUT2D eigenvalue weighted by molar-refractivity contribution is -0.128. The lowest BCUT2D eigenvalue weighted by Gasteiger charge is -2.40. The van der Waals surface area contributed by atoms with E-state index in [1.807, 2.05) is 54.9 Å². The summed E-state index contributed by atoms with van der Waals surface area (Å²) < 4.78 is 28.1. The van der Waals surface area contributed by atoms with Crippen molar-refractivity contribution in [1.82, 2.24) is 19.4 Å². The summed E-state index contributed by atoms with van der Waals surface area (Å²) in [5.41, 5.74) is 2.35. The van der Waals surface area contributed by atoms with Gasteiger partial charge in [0.1, 0.15) is 0 Å². The molecule has 1 fully saturated rings. The number of amides is 1. The summed E-state index contributed by atoms with van der Waals surface area (Å²) >= 11 is 0. The molecule has 1 N–H and O–H groups in total. The summed E-state index contributed by atoms with van der Waals surface area (Å²) in [6, 6.07) is 11.8. The van der Waals surface area contributed by atoms with Gasteiger partial charge in [-0.25, -0.2) is 12.7 Å². The van der Waals surface area contributed by atoms with Crippen molar-refractivity contribution in [2.75, 3.05) is 25.4 Å². The highest BCUT2D eigenvalue weighted by molar-refractivity contribution is 7.89. The molecule has 1 aliphatic rings. The van der Waals surface area contributed by atoms with Crippen molar-refractivity contribution in [2.45, 2.75) is 52.5 Å². The molecule has 31 heavy (non-hydrogen) atoms. The molecule has 1 aliphatic heterocycles. The highest BCUT2D eigenvalue weighted by Gasteiger charge is 2.44. The number of aryl methyl sites for hydroxylation is 2. The van der Waals surface area contributed by atoms with Crippen LogP contribution in [0.3, 0.4) is 0 Å². The van der Waals surface area contributed by atoms with Gasteiger partial charge in [-0.15, -0.1) is 0 Å². The van der Waals surface area contributed by atoms with Crippen LogP contribution >= 0.6 is 0 Å². The zero-order valence-corrected chi connectivity index (χ0v) is 19.8. The smallest absolute Gasteiger partial charge is 0.230 e. The van der Waals surface area contributed by atoms with Crippen molar-refractivity contribution in [2.24, 2.45) is 5.92 Å². The van der Waals surface area contributed by atoms with E-state index in [0.717, 1.165) is 23.5 Å². The van der Waals surface area contributed by atoms with Crippen molar-refractivity contribution in [3.8, 4) is 0 Å². The number of carbonyl (C=O) groups excluding carboxylic acids is 1. The van der Waals surface area contributed by atoms with Gasteiger partial charge < -0.3 is 5.32 Å². The molecule has 8 heteroatoms. The maximum atomic E-state index is 13.5. The largest absolute Gasteiger partial charge is 0.355 e. The third-order valence-electron chi connectivity index (χ3n) is 6.29. The lowest BCUT2D eigenvalue weighted by Crippen LogP contribution is -2.53. The summed E-state index contributed by atoms with van der Waals surface area (Å²) in [6.07, 6.45) is 0.960. The van der Waals surface area contributed by atoms with Crippen LogP contribution < -0.4 is 5.32 Å². The maximum Gasteiger partial charge on any atom is 0.230 e.